The van der Waals surface area contributed by atoms with Crippen LogP contribution in [0.5, 0.6) is 11.5 Å². The number of rotatable bonds is 6. The van der Waals surface area contributed by atoms with Crippen LogP contribution < -0.4 is 9.47 Å². The number of benzene rings is 3. The molecular weight excluding hydrogens is 308 g/mol. The Bertz CT molecular complexity index is 829. The van der Waals surface area contributed by atoms with Gasteiger partial charge in [-0.3, -0.25) is 0 Å². The second-order valence-electron chi connectivity index (χ2n) is 6.14. The van der Waals surface area contributed by atoms with E-state index in [1.54, 1.807) is 0 Å². The van der Waals surface area contributed by atoms with Crippen molar-refractivity contribution in [3.63, 3.8) is 0 Å². The van der Waals surface area contributed by atoms with Crippen molar-refractivity contribution in [3.05, 3.63) is 102 Å². The predicted octanol–water partition coefficient (Wildman–Crippen LogP) is 5.93. The largest absolute Gasteiger partial charge is 0.489 e. The van der Waals surface area contributed by atoms with Crippen LogP contribution in [0.15, 0.2) is 79.4 Å². The molecule has 0 unspecified atom stereocenters. The summed E-state index contributed by atoms with van der Waals surface area (Å²) in [6, 6.07) is 24.1. The van der Waals surface area contributed by atoms with E-state index in [0.29, 0.717) is 12.4 Å². The Labute approximate surface area is 149 Å². The number of hydrogen-bond acceptors (Lipinski definition) is 2. The summed E-state index contributed by atoms with van der Waals surface area (Å²) < 4.78 is 11.6. The van der Waals surface area contributed by atoms with Gasteiger partial charge in [0.15, 0.2) is 0 Å². The van der Waals surface area contributed by atoms with Gasteiger partial charge in [0.1, 0.15) is 23.9 Å². The summed E-state index contributed by atoms with van der Waals surface area (Å²) in [6.07, 6.45) is 0. The van der Waals surface area contributed by atoms with E-state index >= 15 is 0 Å². The van der Waals surface area contributed by atoms with Crippen LogP contribution in [-0.2, 0) is 6.61 Å². The maximum absolute atomic E-state index is 5.82. The van der Waals surface area contributed by atoms with Crippen molar-refractivity contribution in [3.8, 4) is 11.5 Å². The first-order valence-electron chi connectivity index (χ1n) is 8.32. The molecule has 0 saturated heterocycles. The van der Waals surface area contributed by atoms with E-state index < -0.39 is 0 Å². The standard InChI is InChI=1S/C23H22O2/c1-17-4-8-20(9-5-17)16-24-22-12-14-23(15-13-22)25-19(3)21-10-6-18(2)7-11-21/h4-15H,3,16H2,1-2H3. The zero-order chi connectivity index (χ0) is 17.6. The van der Waals surface area contributed by atoms with Crippen LogP contribution in [0.4, 0.5) is 0 Å². The van der Waals surface area contributed by atoms with Crippen molar-refractivity contribution in [2.45, 2.75) is 20.5 Å². The smallest absolute Gasteiger partial charge is 0.127 e. The Balaban J connectivity index is 1.57. The van der Waals surface area contributed by atoms with Crippen molar-refractivity contribution < 1.29 is 9.47 Å². The fourth-order valence-corrected chi connectivity index (χ4v) is 2.40. The van der Waals surface area contributed by atoms with Crippen LogP contribution in [0.25, 0.3) is 5.76 Å². The fraction of sp³-hybridized carbons (Fsp3) is 0.130. The molecule has 0 aromatic heterocycles. The summed E-state index contributed by atoms with van der Waals surface area (Å²) in [7, 11) is 0. The first kappa shape index (κ1) is 16.8. The third-order valence-electron chi connectivity index (χ3n) is 3.96. The first-order chi connectivity index (χ1) is 12.1. The van der Waals surface area contributed by atoms with Gasteiger partial charge in [-0.15, -0.1) is 0 Å². The highest BCUT2D eigenvalue weighted by Gasteiger charge is 2.03. The quantitative estimate of drug-likeness (QED) is 0.521. The summed E-state index contributed by atoms with van der Waals surface area (Å²) in [5.41, 5.74) is 4.59. The molecular formula is C23H22O2. The monoisotopic (exact) mass is 330 g/mol. The van der Waals surface area contributed by atoms with Gasteiger partial charge in [-0.1, -0.05) is 66.2 Å². The molecule has 0 heterocycles. The van der Waals surface area contributed by atoms with E-state index in [0.717, 1.165) is 22.6 Å². The average molecular weight is 330 g/mol. The van der Waals surface area contributed by atoms with Crippen LogP contribution in [-0.4, -0.2) is 0 Å². The van der Waals surface area contributed by atoms with E-state index in [-0.39, 0.29) is 0 Å². The Morgan fingerprint density at radius 2 is 1.24 bits per heavy atom. The average Bonchev–Trinajstić information content (AvgIpc) is 2.63. The summed E-state index contributed by atoms with van der Waals surface area (Å²) in [6.45, 7) is 8.69. The van der Waals surface area contributed by atoms with E-state index in [2.05, 4.69) is 44.7 Å². The molecule has 0 saturated carbocycles. The second-order valence-corrected chi connectivity index (χ2v) is 6.14. The van der Waals surface area contributed by atoms with Gasteiger partial charge in [0, 0.05) is 5.56 Å². The maximum Gasteiger partial charge on any atom is 0.127 e. The van der Waals surface area contributed by atoms with Gasteiger partial charge in [0.05, 0.1) is 0 Å². The molecule has 3 rings (SSSR count). The molecule has 0 fully saturated rings. The van der Waals surface area contributed by atoms with Gasteiger partial charge in [0.2, 0.25) is 0 Å². The second kappa shape index (κ2) is 7.71. The fourth-order valence-electron chi connectivity index (χ4n) is 2.40. The number of aryl methyl sites for hydroxylation is 2. The van der Waals surface area contributed by atoms with Crippen LogP contribution >= 0.6 is 0 Å². The van der Waals surface area contributed by atoms with Gasteiger partial charge in [-0.05, 0) is 43.7 Å². The van der Waals surface area contributed by atoms with Crippen molar-refractivity contribution >= 4 is 5.76 Å². The molecule has 0 bridgehead atoms. The molecule has 0 aliphatic rings. The summed E-state index contributed by atoms with van der Waals surface area (Å²) in [4.78, 5) is 0. The molecule has 0 aliphatic carbocycles. The van der Waals surface area contributed by atoms with Crippen molar-refractivity contribution in [1.82, 2.24) is 0 Å². The van der Waals surface area contributed by atoms with Crippen molar-refractivity contribution in [2.24, 2.45) is 0 Å². The van der Waals surface area contributed by atoms with Gasteiger partial charge in [0.25, 0.3) is 0 Å². The first-order valence-corrected chi connectivity index (χ1v) is 8.32. The Hall–Kier alpha value is -3.00. The van der Waals surface area contributed by atoms with E-state index in [1.165, 1.54) is 11.1 Å². The van der Waals surface area contributed by atoms with Gasteiger partial charge in [-0.25, -0.2) is 0 Å². The zero-order valence-electron chi connectivity index (χ0n) is 14.7. The Kier molecular flexibility index (Phi) is 5.20. The minimum atomic E-state index is 0.552. The highest BCUT2D eigenvalue weighted by Crippen LogP contribution is 2.23. The lowest BCUT2D eigenvalue weighted by molar-refractivity contribution is 0.306. The SMILES string of the molecule is C=C(Oc1ccc(OCc2ccc(C)cc2)cc1)c1ccc(C)cc1. The third-order valence-corrected chi connectivity index (χ3v) is 3.96. The van der Waals surface area contributed by atoms with Crippen LogP contribution in [0.2, 0.25) is 0 Å². The lowest BCUT2D eigenvalue weighted by Crippen LogP contribution is -1.96. The van der Waals surface area contributed by atoms with Gasteiger partial charge >= 0.3 is 0 Å². The molecule has 0 amide bonds. The molecule has 2 heteroatoms. The molecule has 2 nitrogen and oxygen atoms in total. The summed E-state index contributed by atoms with van der Waals surface area (Å²) >= 11 is 0. The minimum Gasteiger partial charge on any atom is -0.489 e. The molecule has 25 heavy (non-hydrogen) atoms. The maximum atomic E-state index is 5.82. The Morgan fingerprint density at radius 1 is 0.720 bits per heavy atom. The van der Waals surface area contributed by atoms with Crippen molar-refractivity contribution in [2.75, 3.05) is 0 Å². The number of ether oxygens (including phenoxy) is 2. The topological polar surface area (TPSA) is 18.5 Å². The molecule has 0 N–H and O–H groups in total. The summed E-state index contributed by atoms with van der Waals surface area (Å²) in [5, 5.41) is 0. The van der Waals surface area contributed by atoms with Crippen LogP contribution in [0.1, 0.15) is 22.3 Å². The molecule has 0 radical (unpaired) electrons. The zero-order valence-corrected chi connectivity index (χ0v) is 14.7. The number of hydrogen-bond donors (Lipinski definition) is 0. The molecule has 3 aromatic rings. The molecule has 126 valence electrons. The van der Waals surface area contributed by atoms with E-state index in [1.807, 2.05) is 48.5 Å². The Morgan fingerprint density at radius 3 is 1.84 bits per heavy atom. The lowest BCUT2D eigenvalue weighted by Gasteiger charge is -2.11. The molecule has 3 aromatic carbocycles. The van der Waals surface area contributed by atoms with Crippen molar-refractivity contribution in [1.29, 1.82) is 0 Å². The normalized spacial score (nSPS) is 10.3. The van der Waals surface area contributed by atoms with Gasteiger partial charge in [-0.2, -0.15) is 0 Å². The minimum absolute atomic E-state index is 0.552. The highest BCUT2D eigenvalue weighted by atomic mass is 16.5. The third kappa shape index (κ3) is 4.74. The molecule has 0 aliphatic heterocycles. The molecule has 0 atom stereocenters. The predicted molar refractivity (Wildman–Crippen MR) is 103 cm³/mol. The van der Waals surface area contributed by atoms with Gasteiger partial charge < -0.3 is 9.47 Å². The van der Waals surface area contributed by atoms with Crippen LogP contribution in [0, 0.1) is 13.8 Å². The lowest BCUT2D eigenvalue weighted by atomic mass is 10.1. The van der Waals surface area contributed by atoms with E-state index in [9.17, 15) is 0 Å². The highest BCUT2D eigenvalue weighted by molar-refractivity contribution is 5.60. The van der Waals surface area contributed by atoms with E-state index in [4.69, 9.17) is 9.47 Å². The molecule has 0 spiro atoms. The van der Waals surface area contributed by atoms with Crippen LogP contribution in [0.3, 0.4) is 0 Å². The summed E-state index contributed by atoms with van der Waals surface area (Å²) in [5.74, 6) is 2.19.